The van der Waals surface area contributed by atoms with Gasteiger partial charge >= 0.3 is 6.03 Å². The number of carbonyl (C=O) groups is 3. The van der Waals surface area contributed by atoms with Crippen molar-refractivity contribution in [2.75, 3.05) is 30.3 Å². The highest BCUT2D eigenvalue weighted by Gasteiger charge is 2.19. The monoisotopic (exact) mass is 485 g/mol. The first-order chi connectivity index (χ1) is 15.9. The summed E-state index contributed by atoms with van der Waals surface area (Å²) in [5, 5.41) is 9.29. The second-order valence-corrected chi connectivity index (χ2v) is 9.24. The molecule has 0 spiro atoms. The van der Waals surface area contributed by atoms with Gasteiger partial charge < -0.3 is 15.5 Å². The summed E-state index contributed by atoms with van der Waals surface area (Å²) in [7, 11) is 0. The van der Waals surface area contributed by atoms with Gasteiger partial charge in [-0.2, -0.15) is 0 Å². The Morgan fingerprint density at radius 1 is 1.21 bits per heavy atom. The first kappa shape index (κ1) is 23.0. The SMILES string of the molecule is Cc1cccc(Cl)c1NC(=O)c1ccc2nc(NC(=O)NCCCN3CCCC3=O)sc2c1. The maximum atomic E-state index is 12.7. The highest BCUT2D eigenvalue weighted by molar-refractivity contribution is 7.22. The Labute approximate surface area is 200 Å². The van der Waals surface area contributed by atoms with Gasteiger partial charge in [0.2, 0.25) is 5.91 Å². The lowest BCUT2D eigenvalue weighted by Crippen LogP contribution is -2.32. The molecule has 1 aromatic heterocycles. The van der Waals surface area contributed by atoms with Gasteiger partial charge in [-0.05, 0) is 49.6 Å². The number of fused-ring (bicyclic) bond motifs is 1. The van der Waals surface area contributed by atoms with E-state index in [-0.39, 0.29) is 17.8 Å². The predicted octanol–water partition coefficient (Wildman–Crippen LogP) is 4.64. The number of benzene rings is 2. The van der Waals surface area contributed by atoms with E-state index in [0.717, 1.165) is 23.2 Å². The number of nitrogens with one attached hydrogen (secondary N) is 3. The third-order valence-corrected chi connectivity index (χ3v) is 6.64. The van der Waals surface area contributed by atoms with Crippen molar-refractivity contribution in [2.24, 2.45) is 0 Å². The molecule has 0 radical (unpaired) electrons. The summed E-state index contributed by atoms with van der Waals surface area (Å²) in [6, 6.07) is 10.3. The van der Waals surface area contributed by atoms with Crippen molar-refractivity contribution in [1.29, 1.82) is 0 Å². The fraction of sp³-hybridized carbons (Fsp3) is 0.304. The second-order valence-electron chi connectivity index (χ2n) is 7.81. The summed E-state index contributed by atoms with van der Waals surface area (Å²) in [5.74, 6) is -0.0887. The average Bonchev–Trinajstić information content (AvgIpc) is 3.38. The van der Waals surface area contributed by atoms with Gasteiger partial charge in [0.05, 0.1) is 20.9 Å². The van der Waals surface area contributed by atoms with E-state index in [9.17, 15) is 14.4 Å². The fourth-order valence-electron chi connectivity index (χ4n) is 3.65. The van der Waals surface area contributed by atoms with Crippen LogP contribution in [0.1, 0.15) is 35.2 Å². The number of aryl methyl sites for hydroxylation is 1. The molecule has 8 nitrogen and oxygen atoms in total. The van der Waals surface area contributed by atoms with Gasteiger partial charge in [0.15, 0.2) is 5.13 Å². The molecule has 4 amide bonds. The molecule has 2 heterocycles. The average molecular weight is 486 g/mol. The lowest BCUT2D eigenvalue weighted by molar-refractivity contribution is -0.127. The topological polar surface area (TPSA) is 103 Å². The number of urea groups is 1. The molecule has 2 aromatic carbocycles. The van der Waals surface area contributed by atoms with Gasteiger partial charge in [0.1, 0.15) is 0 Å². The molecule has 33 heavy (non-hydrogen) atoms. The quantitative estimate of drug-likeness (QED) is 0.424. The number of rotatable bonds is 7. The molecule has 1 saturated heterocycles. The largest absolute Gasteiger partial charge is 0.343 e. The molecule has 1 fully saturated rings. The number of halogens is 1. The van der Waals surface area contributed by atoms with Crippen molar-refractivity contribution in [3.05, 3.63) is 52.5 Å². The third kappa shape index (κ3) is 5.61. The molecule has 1 aliphatic heterocycles. The molecule has 0 aliphatic carbocycles. The molecular formula is C23H24ClN5O3S. The number of para-hydroxylation sites is 1. The molecule has 3 aromatic rings. The summed E-state index contributed by atoms with van der Waals surface area (Å²) < 4.78 is 0.779. The van der Waals surface area contributed by atoms with E-state index in [1.807, 2.05) is 24.0 Å². The van der Waals surface area contributed by atoms with Gasteiger partial charge in [0, 0.05) is 31.6 Å². The van der Waals surface area contributed by atoms with Crippen LogP contribution in [0.5, 0.6) is 0 Å². The number of hydrogen-bond acceptors (Lipinski definition) is 5. The molecule has 0 atom stereocenters. The maximum Gasteiger partial charge on any atom is 0.321 e. The van der Waals surface area contributed by atoms with E-state index in [1.165, 1.54) is 11.3 Å². The maximum absolute atomic E-state index is 12.7. The number of thiazole rings is 1. The number of carbonyl (C=O) groups excluding carboxylic acids is 3. The molecule has 0 saturated carbocycles. The van der Waals surface area contributed by atoms with Gasteiger partial charge in [-0.15, -0.1) is 0 Å². The first-order valence-corrected chi connectivity index (χ1v) is 11.9. The van der Waals surface area contributed by atoms with E-state index in [4.69, 9.17) is 11.6 Å². The summed E-state index contributed by atoms with van der Waals surface area (Å²) in [6.07, 6.45) is 2.23. The minimum Gasteiger partial charge on any atom is -0.343 e. The zero-order valence-electron chi connectivity index (χ0n) is 18.1. The number of aromatic nitrogens is 1. The van der Waals surface area contributed by atoms with Gasteiger partial charge in [-0.25, -0.2) is 9.78 Å². The van der Waals surface area contributed by atoms with E-state index >= 15 is 0 Å². The highest BCUT2D eigenvalue weighted by atomic mass is 35.5. The standard InChI is InChI=1S/C23H24ClN5O3S/c1-14-5-2-6-16(24)20(14)27-21(31)15-8-9-17-18(13-15)33-23(26-17)28-22(32)25-10-4-12-29-11-3-7-19(29)30/h2,5-6,8-9,13H,3-4,7,10-12H2,1H3,(H,27,31)(H2,25,26,28,32). The van der Waals surface area contributed by atoms with Crippen LogP contribution in [-0.2, 0) is 4.79 Å². The lowest BCUT2D eigenvalue weighted by atomic mass is 10.1. The van der Waals surface area contributed by atoms with Crippen molar-refractivity contribution in [1.82, 2.24) is 15.2 Å². The Morgan fingerprint density at radius 3 is 2.82 bits per heavy atom. The van der Waals surface area contributed by atoms with Crippen LogP contribution in [0.15, 0.2) is 36.4 Å². The first-order valence-electron chi connectivity index (χ1n) is 10.7. The van der Waals surface area contributed by atoms with Gasteiger partial charge in [0.25, 0.3) is 5.91 Å². The molecule has 0 unspecified atom stereocenters. The van der Waals surface area contributed by atoms with Crippen molar-refractivity contribution in [3.63, 3.8) is 0 Å². The molecule has 1 aliphatic rings. The van der Waals surface area contributed by atoms with Crippen LogP contribution in [-0.4, -0.2) is 47.4 Å². The Balaban J connectivity index is 1.33. The molecular weight excluding hydrogens is 462 g/mol. The van der Waals surface area contributed by atoms with Crippen molar-refractivity contribution in [2.45, 2.75) is 26.2 Å². The molecule has 10 heteroatoms. The molecule has 0 bridgehead atoms. The fourth-order valence-corrected chi connectivity index (χ4v) is 4.82. The second kappa shape index (κ2) is 10.2. The third-order valence-electron chi connectivity index (χ3n) is 5.39. The summed E-state index contributed by atoms with van der Waals surface area (Å²) in [6.45, 7) is 3.79. The van der Waals surface area contributed by atoms with Crippen LogP contribution >= 0.6 is 22.9 Å². The number of amides is 4. The van der Waals surface area contributed by atoms with Gasteiger partial charge in [-0.1, -0.05) is 35.1 Å². The normalized spacial score (nSPS) is 13.4. The highest BCUT2D eigenvalue weighted by Crippen LogP contribution is 2.29. The lowest BCUT2D eigenvalue weighted by Gasteiger charge is -2.15. The smallest absolute Gasteiger partial charge is 0.321 e. The van der Waals surface area contributed by atoms with Crippen LogP contribution in [0.25, 0.3) is 10.2 Å². The number of hydrogen-bond donors (Lipinski definition) is 3. The van der Waals surface area contributed by atoms with Crippen LogP contribution in [0.3, 0.4) is 0 Å². The zero-order chi connectivity index (χ0) is 23.4. The minimum atomic E-state index is -0.353. The van der Waals surface area contributed by atoms with Gasteiger partial charge in [-0.3, -0.25) is 14.9 Å². The van der Waals surface area contributed by atoms with Crippen LogP contribution < -0.4 is 16.0 Å². The van der Waals surface area contributed by atoms with Crippen LogP contribution in [0.4, 0.5) is 15.6 Å². The predicted molar refractivity (Wildman–Crippen MR) is 131 cm³/mol. The Morgan fingerprint density at radius 2 is 2.06 bits per heavy atom. The minimum absolute atomic E-state index is 0.184. The van der Waals surface area contributed by atoms with E-state index in [0.29, 0.717) is 52.9 Å². The zero-order valence-corrected chi connectivity index (χ0v) is 19.7. The van der Waals surface area contributed by atoms with Crippen LogP contribution in [0.2, 0.25) is 5.02 Å². The van der Waals surface area contributed by atoms with E-state index in [1.54, 1.807) is 24.3 Å². The number of anilines is 2. The molecule has 172 valence electrons. The molecule has 4 rings (SSSR count). The number of likely N-dealkylation sites (tertiary alicyclic amines) is 1. The number of nitrogens with zero attached hydrogens (tertiary/aromatic N) is 2. The summed E-state index contributed by atoms with van der Waals surface area (Å²) in [4.78, 5) is 42.7. The summed E-state index contributed by atoms with van der Waals surface area (Å²) >= 11 is 7.49. The van der Waals surface area contributed by atoms with Crippen molar-refractivity contribution in [3.8, 4) is 0 Å². The van der Waals surface area contributed by atoms with Crippen LogP contribution in [0, 0.1) is 6.92 Å². The Kier molecular flexibility index (Phi) is 7.10. The Bertz CT molecular complexity index is 1190. The molecule has 3 N–H and O–H groups in total. The van der Waals surface area contributed by atoms with E-state index in [2.05, 4.69) is 20.9 Å². The Hall–Kier alpha value is -3.17. The van der Waals surface area contributed by atoms with Crippen molar-refractivity contribution < 1.29 is 14.4 Å². The van der Waals surface area contributed by atoms with Crippen molar-refractivity contribution >= 4 is 61.8 Å². The summed E-state index contributed by atoms with van der Waals surface area (Å²) in [5.41, 5.74) is 2.62. The van der Waals surface area contributed by atoms with E-state index < -0.39 is 0 Å².